The highest BCUT2D eigenvalue weighted by Crippen LogP contribution is 2.18. The van der Waals surface area contributed by atoms with E-state index in [2.05, 4.69) is 0 Å². The Morgan fingerprint density at radius 3 is 2.24 bits per heavy atom. The van der Waals surface area contributed by atoms with Crippen molar-refractivity contribution in [2.75, 3.05) is 26.8 Å². The Labute approximate surface area is 200 Å². The van der Waals surface area contributed by atoms with Crippen LogP contribution in [0, 0.1) is 0 Å². The minimum absolute atomic E-state index is 0.100. The quantitative estimate of drug-likeness (QED) is 0.414. The number of ether oxygens (including phenoxy) is 3. The van der Waals surface area contributed by atoms with Crippen LogP contribution in [0.15, 0.2) is 60.7 Å². The van der Waals surface area contributed by atoms with E-state index in [0.717, 1.165) is 11.1 Å². The summed E-state index contributed by atoms with van der Waals surface area (Å²) in [4.78, 5) is 41.2. The number of methoxy groups -OCH3 is 1. The molecular weight excluding hydrogens is 436 g/mol. The van der Waals surface area contributed by atoms with E-state index in [4.69, 9.17) is 14.2 Å². The van der Waals surface area contributed by atoms with Crippen molar-refractivity contribution >= 4 is 18.0 Å². The Hall–Kier alpha value is -3.39. The van der Waals surface area contributed by atoms with Crippen LogP contribution in [-0.4, -0.2) is 66.7 Å². The van der Waals surface area contributed by atoms with E-state index >= 15 is 0 Å². The number of carbonyl (C=O) groups is 3. The van der Waals surface area contributed by atoms with E-state index in [-0.39, 0.29) is 44.7 Å². The van der Waals surface area contributed by atoms with Crippen molar-refractivity contribution in [1.29, 1.82) is 0 Å². The second-order valence-electron chi connectivity index (χ2n) is 8.24. The molecule has 0 spiro atoms. The maximum atomic E-state index is 12.9. The molecule has 2 atom stereocenters. The zero-order valence-corrected chi connectivity index (χ0v) is 19.7. The van der Waals surface area contributed by atoms with Crippen LogP contribution in [0.25, 0.3) is 0 Å². The molecule has 0 saturated carbocycles. The van der Waals surface area contributed by atoms with Gasteiger partial charge in [0.15, 0.2) is 0 Å². The lowest BCUT2D eigenvalue weighted by atomic mass is 10.1. The molecule has 1 fully saturated rings. The van der Waals surface area contributed by atoms with Gasteiger partial charge in [-0.15, -0.1) is 0 Å². The van der Waals surface area contributed by atoms with Gasteiger partial charge < -0.3 is 24.0 Å². The fourth-order valence-electron chi connectivity index (χ4n) is 3.94. The number of amides is 2. The summed E-state index contributed by atoms with van der Waals surface area (Å²) >= 11 is 0. The van der Waals surface area contributed by atoms with E-state index in [1.165, 1.54) is 12.0 Å². The molecule has 0 bridgehead atoms. The number of hydrogen-bond donors (Lipinski definition) is 0. The Morgan fingerprint density at radius 2 is 1.62 bits per heavy atom. The predicted octanol–water partition coefficient (Wildman–Crippen LogP) is 3.39. The van der Waals surface area contributed by atoms with Crippen molar-refractivity contribution < 1.29 is 28.6 Å². The Kier molecular flexibility index (Phi) is 9.46. The molecule has 0 aromatic heterocycles. The van der Waals surface area contributed by atoms with Crippen LogP contribution in [-0.2, 0) is 37.0 Å². The van der Waals surface area contributed by atoms with Crippen LogP contribution in [0.2, 0.25) is 0 Å². The maximum absolute atomic E-state index is 12.9. The summed E-state index contributed by atoms with van der Waals surface area (Å²) in [7, 11) is 1.30. The molecule has 1 saturated heterocycles. The van der Waals surface area contributed by atoms with Gasteiger partial charge in [-0.25, -0.2) is 9.59 Å². The molecule has 1 heterocycles. The van der Waals surface area contributed by atoms with Crippen molar-refractivity contribution in [2.45, 2.75) is 45.1 Å². The second-order valence-corrected chi connectivity index (χ2v) is 8.24. The SMILES string of the molecule is COC(=O)[C@H](CCOCc1ccccc1)N1C[C@@H](C)N(C(=O)OCc2ccccc2)CCC1=O. The highest BCUT2D eigenvalue weighted by molar-refractivity contribution is 5.85. The molecule has 0 N–H and O–H groups in total. The molecule has 0 aliphatic carbocycles. The fraction of sp³-hybridized carbons (Fsp3) is 0.423. The average molecular weight is 469 g/mol. The first-order valence-corrected chi connectivity index (χ1v) is 11.5. The van der Waals surface area contributed by atoms with E-state index < -0.39 is 18.1 Å². The van der Waals surface area contributed by atoms with Crippen LogP contribution in [0.1, 0.15) is 30.9 Å². The van der Waals surface area contributed by atoms with Crippen LogP contribution >= 0.6 is 0 Å². The molecule has 182 valence electrons. The van der Waals surface area contributed by atoms with E-state index in [0.29, 0.717) is 13.0 Å². The smallest absolute Gasteiger partial charge is 0.410 e. The van der Waals surface area contributed by atoms with E-state index in [1.54, 1.807) is 4.90 Å². The van der Waals surface area contributed by atoms with Crippen LogP contribution < -0.4 is 0 Å². The van der Waals surface area contributed by atoms with Crippen molar-refractivity contribution in [3.8, 4) is 0 Å². The third kappa shape index (κ3) is 7.05. The molecule has 8 nitrogen and oxygen atoms in total. The summed E-state index contributed by atoms with van der Waals surface area (Å²) in [5.74, 6) is -0.701. The Morgan fingerprint density at radius 1 is 1.00 bits per heavy atom. The molecule has 0 unspecified atom stereocenters. The summed E-state index contributed by atoms with van der Waals surface area (Å²) in [6, 6.07) is 18.0. The van der Waals surface area contributed by atoms with Gasteiger partial charge in [-0.3, -0.25) is 4.79 Å². The van der Waals surface area contributed by atoms with Crippen molar-refractivity contribution in [1.82, 2.24) is 9.80 Å². The molecule has 2 aromatic rings. The van der Waals surface area contributed by atoms with Gasteiger partial charge in [0.25, 0.3) is 0 Å². The highest BCUT2D eigenvalue weighted by Gasteiger charge is 2.36. The number of benzene rings is 2. The lowest BCUT2D eigenvalue weighted by Gasteiger charge is -2.32. The first-order valence-electron chi connectivity index (χ1n) is 11.5. The summed E-state index contributed by atoms with van der Waals surface area (Å²) < 4.78 is 16.2. The monoisotopic (exact) mass is 468 g/mol. The summed E-state index contributed by atoms with van der Waals surface area (Å²) in [6.45, 7) is 3.13. The third-order valence-corrected chi connectivity index (χ3v) is 5.82. The summed E-state index contributed by atoms with van der Waals surface area (Å²) in [5, 5.41) is 0. The van der Waals surface area contributed by atoms with Crippen molar-refractivity contribution in [2.24, 2.45) is 0 Å². The molecule has 2 aromatic carbocycles. The van der Waals surface area contributed by atoms with Crippen LogP contribution in [0.3, 0.4) is 0 Å². The molecular formula is C26H32N2O6. The number of nitrogens with zero attached hydrogens (tertiary/aromatic N) is 2. The number of hydrogen-bond acceptors (Lipinski definition) is 6. The van der Waals surface area contributed by atoms with Crippen molar-refractivity contribution in [3.63, 3.8) is 0 Å². The van der Waals surface area contributed by atoms with Gasteiger partial charge in [0.05, 0.1) is 13.7 Å². The van der Waals surface area contributed by atoms with Crippen LogP contribution in [0.4, 0.5) is 4.79 Å². The van der Waals surface area contributed by atoms with Gasteiger partial charge in [-0.1, -0.05) is 60.7 Å². The zero-order valence-electron chi connectivity index (χ0n) is 19.7. The van der Waals surface area contributed by atoms with Gasteiger partial charge in [0, 0.05) is 38.6 Å². The Balaban J connectivity index is 1.58. The average Bonchev–Trinajstić information content (AvgIpc) is 3.01. The first-order chi connectivity index (χ1) is 16.5. The van der Waals surface area contributed by atoms with Crippen molar-refractivity contribution in [3.05, 3.63) is 71.8 Å². The minimum Gasteiger partial charge on any atom is -0.467 e. The largest absolute Gasteiger partial charge is 0.467 e. The molecule has 2 amide bonds. The molecule has 3 rings (SSSR count). The first kappa shape index (κ1) is 25.2. The molecule has 1 aliphatic rings. The van der Waals surface area contributed by atoms with Crippen LogP contribution in [0.5, 0.6) is 0 Å². The minimum atomic E-state index is -0.781. The van der Waals surface area contributed by atoms with Gasteiger partial charge in [-0.05, 0) is 18.1 Å². The molecule has 1 aliphatic heterocycles. The fourth-order valence-corrected chi connectivity index (χ4v) is 3.94. The molecule has 0 radical (unpaired) electrons. The Bertz CT molecular complexity index is 937. The lowest BCUT2D eigenvalue weighted by molar-refractivity contribution is -0.153. The summed E-state index contributed by atoms with van der Waals surface area (Å²) in [5.41, 5.74) is 1.92. The lowest BCUT2D eigenvalue weighted by Crippen LogP contribution is -2.50. The van der Waals surface area contributed by atoms with Gasteiger partial charge in [0.1, 0.15) is 12.6 Å². The van der Waals surface area contributed by atoms with Gasteiger partial charge >= 0.3 is 12.1 Å². The highest BCUT2D eigenvalue weighted by atomic mass is 16.6. The summed E-state index contributed by atoms with van der Waals surface area (Å²) in [6.07, 6.45) is -0.0775. The van der Waals surface area contributed by atoms with Gasteiger partial charge in [0.2, 0.25) is 5.91 Å². The normalized spacial score (nSPS) is 17.1. The van der Waals surface area contributed by atoms with E-state index in [1.807, 2.05) is 67.6 Å². The topological polar surface area (TPSA) is 85.4 Å². The number of rotatable bonds is 9. The zero-order chi connectivity index (χ0) is 24.3. The predicted molar refractivity (Wildman–Crippen MR) is 126 cm³/mol. The maximum Gasteiger partial charge on any atom is 0.410 e. The van der Waals surface area contributed by atoms with E-state index in [9.17, 15) is 14.4 Å². The number of carbonyl (C=O) groups excluding carboxylic acids is 3. The number of esters is 1. The third-order valence-electron chi connectivity index (χ3n) is 5.82. The molecule has 34 heavy (non-hydrogen) atoms. The van der Waals surface area contributed by atoms with Gasteiger partial charge in [-0.2, -0.15) is 0 Å². The second kappa shape index (κ2) is 12.7. The standard InChI is InChI=1S/C26H32N2O6/c1-20-17-28(23(25(30)32-2)14-16-33-18-21-9-5-3-6-10-21)24(29)13-15-27(20)26(31)34-19-22-11-7-4-8-12-22/h3-12,20,23H,13-19H2,1-2H3/t20-,23+/m1/s1. The molecule has 8 heteroatoms.